The van der Waals surface area contributed by atoms with Gasteiger partial charge in [0.15, 0.2) is 5.78 Å². The summed E-state index contributed by atoms with van der Waals surface area (Å²) in [6.07, 6.45) is 16.6. The zero-order valence-electron chi connectivity index (χ0n) is 72.0. The Kier molecular flexibility index (Phi) is 65.3. The van der Waals surface area contributed by atoms with Crippen molar-refractivity contribution in [1.82, 2.24) is 26.6 Å². The summed E-state index contributed by atoms with van der Waals surface area (Å²) in [5.41, 5.74) is 0.406. The van der Waals surface area contributed by atoms with Gasteiger partial charge >= 0.3 is 29.8 Å². The maximum atomic E-state index is 13.3. The highest BCUT2D eigenvalue weighted by Gasteiger charge is 2.27. The molecule has 0 radical (unpaired) electrons. The van der Waals surface area contributed by atoms with Gasteiger partial charge in [0.2, 0.25) is 29.5 Å². The fourth-order valence-corrected chi connectivity index (χ4v) is 12.4. The Balaban J connectivity index is 0.0000769. The van der Waals surface area contributed by atoms with Crippen molar-refractivity contribution < 1.29 is 148 Å². The van der Waals surface area contributed by atoms with Crippen LogP contribution in [0.25, 0.3) is 0 Å². The lowest BCUT2D eigenvalue weighted by molar-refractivity contribution is -0.144. The second-order valence-corrected chi connectivity index (χ2v) is 30.1. The van der Waals surface area contributed by atoms with Crippen LogP contribution in [0.1, 0.15) is 249 Å². The van der Waals surface area contributed by atoms with Gasteiger partial charge in [0.05, 0.1) is 103 Å². The third kappa shape index (κ3) is 63.4. The Bertz CT molecular complexity index is 3370. The number of carbonyl (C=O) groups excluding carboxylic acids is 10. The lowest BCUT2D eigenvalue weighted by atomic mass is 9.85. The third-order valence-electron chi connectivity index (χ3n) is 19.6. The van der Waals surface area contributed by atoms with Gasteiger partial charge in [-0.2, -0.15) is 0 Å². The lowest BCUT2D eigenvalue weighted by Gasteiger charge is -2.18. The van der Waals surface area contributed by atoms with E-state index in [-0.39, 0.29) is 268 Å². The number of benzene rings is 2. The molecule has 35 nitrogen and oxygen atoms in total. The molecule has 2 aromatic rings. The molecule has 0 spiro atoms. The van der Waals surface area contributed by atoms with Gasteiger partial charge in [-0.15, -0.1) is 0 Å². The predicted molar refractivity (Wildman–Crippen MR) is 454 cm³/mol. The number of aliphatic carboxylic acids is 3. The molecule has 0 aromatic heterocycles. The van der Waals surface area contributed by atoms with Gasteiger partial charge in [-0.3, -0.25) is 57.5 Å². The van der Waals surface area contributed by atoms with Crippen LogP contribution in [-0.4, -0.2) is 265 Å². The van der Waals surface area contributed by atoms with Crippen LogP contribution in [0.15, 0.2) is 48.5 Å². The van der Waals surface area contributed by atoms with Crippen molar-refractivity contribution in [3.63, 3.8) is 0 Å². The van der Waals surface area contributed by atoms with Crippen molar-refractivity contribution >= 4 is 88.3 Å². The number of unbranched alkanes of at least 4 members (excludes halogenated alkanes) is 14. The number of hydrogen-bond acceptors (Lipinski definition) is 25. The van der Waals surface area contributed by atoms with Gasteiger partial charge in [-0.1, -0.05) is 84.0 Å². The summed E-state index contributed by atoms with van der Waals surface area (Å²) < 4.78 is 54.7. The first-order valence-corrected chi connectivity index (χ1v) is 43.5. The largest absolute Gasteiger partial charge is 0.494 e. The summed E-state index contributed by atoms with van der Waals surface area (Å²) in [5.74, 6) is -8.79. The maximum Gasteiger partial charge on any atom is 0.335 e. The van der Waals surface area contributed by atoms with Gasteiger partial charge in [0, 0.05) is 112 Å². The van der Waals surface area contributed by atoms with Gasteiger partial charge in [0.25, 0.3) is 0 Å². The molecule has 0 aliphatic heterocycles. The number of hydrogen-bond donors (Lipinski definition) is 10. The standard InChI is InChI=1S/C88H137N5O30.2H2/c1-66(22-14-16-42-89-81(101)63-119-57-53-115-47-21-26-73(96)62-118-56-54-116-50-44-91-79(99)40-32-70(87(110)111)60-72(95)24-12-8-4-2-6-10-18-48-122-74-34-28-67(29-35-74)85(106)107)78(98)61-69(77(97)39-41-84(104)105)23-15-17-43-90-82(102)64-121-59-55-117-51-45-92-83(103)65-120-58-52-114-46-20-25-71(94)33-38-76(88(112)113)93-80(100)27-13-9-5-3-7-11-19-49-123-75-36-30-68(31-37-75)86(108)109;;/h28-31,34-37,66,69-70,76H,2-27,32-33,38-65H2,1H3,(H,89,101)(H,90,102)(H,91,99)(H,92,103)(H,93,100)(H,104,105)(H,106,107)(H,108,109)(H,110,111)(H,112,113);2*1H/t66-,69+,70+,76-;;/m0../s1. The van der Waals surface area contributed by atoms with E-state index in [2.05, 4.69) is 26.6 Å². The molecule has 4 atom stereocenters. The van der Waals surface area contributed by atoms with Crippen LogP contribution in [0, 0.1) is 17.8 Å². The average molecular weight is 1750 g/mol. The van der Waals surface area contributed by atoms with E-state index in [4.69, 9.17) is 57.6 Å². The predicted octanol–water partition coefficient (Wildman–Crippen LogP) is 9.35. The van der Waals surface area contributed by atoms with Crippen LogP contribution >= 0.6 is 0 Å². The van der Waals surface area contributed by atoms with E-state index in [1.165, 1.54) is 24.3 Å². The second kappa shape index (κ2) is 73.2. The van der Waals surface area contributed by atoms with E-state index in [1.54, 1.807) is 31.2 Å². The summed E-state index contributed by atoms with van der Waals surface area (Å²) >= 11 is 0. The molecule has 0 unspecified atom stereocenters. The zero-order valence-corrected chi connectivity index (χ0v) is 72.0. The molecule has 35 heteroatoms. The molecule has 0 aliphatic rings. The Morgan fingerprint density at radius 2 is 0.715 bits per heavy atom. The first kappa shape index (κ1) is 110. The molecule has 123 heavy (non-hydrogen) atoms. The van der Waals surface area contributed by atoms with Crippen LogP contribution < -0.4 is 36.1 Å². The van der Waals surface area contributed by atoms with Crippen molar-refractivity contribution in [3.8, 4) is 11.5 Å². The van der Waals surface area contributed by atoms with Crippen molar-refractivity contribution in [1.29, 1.82) is 0 Å². The second-order valence-electron chi connectivity index (χ2n) is 30.1. The molecule has 2 rings (SSSR count). The Morgan fingerprint density at radius 3 is 1.19 bits per heavy atom. The molecule has 0 heterocycles. The number of Topliss-reactive ketones (excluding diaryl/α,β-unsaturated/α-hetero) is 5. The number of carbonyl (C=O) groups is 15. The molecule has 5 amide bonds. The van der Waals surface area contributed by atoms with Crippen LogP contribution in [0.4, 0.5) is 0 Å². The van der Waals surface area contributed by atoms with Crippen LogP contribution in [-0.2, 0) is 100 Å². The minimum atomic E-state index is -1.21. The lowest BCUT2D eigenvalue weighted by Crippen LogP contribution is -2.41. The number of nitrogens with one attached hydrogen (secondary N) is 5. The number of rotatable bonds is 86. The van der Waals surface area contributed by atoms with Gasteiger partial charge in [-0.25, -0.2) is 14.4 Å². The van der Waals surface area contributed by atoms with Gasteiger partial charge in [0.1, 0.15) is 67.1 Å². The maximum absolute atomic E-state index is 13.3. The SMILES string of the molecule is C[C@@H](CCCCNC(=O)COCCOCCCC(=O)COCCOCCNC(=O)CC[C@H](CC(=O)CCCCCCCCCOc1ccc(C(=O)O)cc1)C(=O)O)C(=O)C[C@@H](CCCCNC(=O)COCCOCCNC(=O)COCCOCCCC(=O)CC[C@H](NC(=O)CCCCCCCCCOc1ccc(C(=O)O)cc1)C(=O)O)C(=O)CCC(=O)O.[HH].[HH]. The molecule has 0 saturated heterocycles. The molecule has 0 bridgehead atoms. The minimum absolute atomic E-state index is 0. The first-order chi connectivity index (χ1) is 59.3. The van der Waals surface area contributed by atoms with E-state index < -0.39 is 47.7 Å². The summed E-state index contributed by atoms with van der Waals surface area (Å²) in [6, 6.07) is 11.4. The van der Waals surface area contributed by atoms with E-state index in [9.17, 15) is 87.2 Å². The van der Waals surface area contributed by atoms with Crippen molar-refractivity contribution in [2.75, 3.05) is 145 Å². The monoisotopic (exact) mass is 1750 g/mol. The van der Waals surface area contributed by atoms with Gasteiger partial charge in [-0.05, 0) is 126 Å². The zero-order chi connectivity index (χ0) is 90.1. The Hall–Kier alpha value is -9.23. The Morgan fingerprint density at radius 1 is 0.301 bits per heavy atom. The van der Waals surface area contributed by atoms with E-state index in [0.29, 0.717) is 108 Å². The van der Waals surface area contributed by atoms with Crippen LogP contribution in [0.3, 0.4) is 0 Å². The molecule has 0 aliphatic carbocycles. The van der Waals surface area contributed by atoms with Crippen molar-refractivity contribution in [2.45, 2.75) is 231 Å². The quantitative estimate of drug-likeness (QED) is 0.0276. The van der Waals surface area contributed by atoms with E-state index in [0.717, 1.165) is 77.0 Å². The van der Waals surface area contributed by atoms with E-state index >= 15 is 0 Å². The molecular formula is C88H141N5O30. The van der Waals surface area contributed by atoms with Crippen LogP contribution in [0.5, 0.6) is 11.5 Å². The van der Waals surface area contributed by atoms with Crippen molar-refractivity contribution in [3.05, 3.63) is 59.7 Å². The number of ether oxygens (including phenoxy) is 10. The smallest absolute Gasteiger partial charge is 0.335 e. The summed E-state index contributed by atoms with van der Waals surface area (Å²) in [6.45, 7) is 5.33. The number of amides is 5. The fraction of sp³-hybridized carbons (Fsp3) is 0.693. The molecule has 10 N–H and O–H groups in total. The highest BCUT2D eigenvalue weighted by molar-refractivity contribution is 5.91. The third-order valence-corrected chi connectivity index (χ3v) is 19.6. The summed E-state index contributed by atoms with van der Waals surface area (Å²) in [7, 11) is 0. The molecule has 698 valence electrons. The number of aromatic carboxylic acids is 2. The molecular weight excluding hydrogens is 1610 g/mol. The van der Waals surface area contributed by atoms with Crippen molar-refractivity contribution in [2.24, 2.45) is 17.8 Å². The highest BCUT2D eigenvalue weighted by atomic mass is 16.5. The highest BCUT2D eigenvalue weighted by Crippen LogP contribution is 2.23. The molecule has 2 aromatic carbocycles. The van der Waals surface area contributed by atoms with Crippen LogP contribution in [0.2, 0.25) is 0 Å². The fourth-order valence-electron chi connectivity index (χ4n) is 12.4. The molecule has 0 fully saturated rings. The number of carboxylic acid groups (broad SMARTS) is 5. The van der Waals surface area contributed by atoms with E-state index in [1.807, 2.05) is 0 Å². The number of carboxylic acids is 5. The Labute approximate surface area is 724 Å². The average Bonchev–Trinajstić information content (AvgIpc) is 0.912. The summed E-state index contributed by atoms with van der Waals surface area (Å²) in [5, 5.41) is 59.8. The topological polar surface area (TPSA) is 510 Å². The molecule has 0 saturated carbocycles. The van der Waals surface area contributed by atoms with Gasteiger partial charge < -0.3 is 99.5 Å². The normalized spacial score (nSPS) is 12.1. The summed E-state index contributed by atoms with van der Waals surface area (Å²) in [4.78, 5) is 182. The number of ketones is 5. The first-order valence-electron chi connectivity index (χ1n) is 43.5. The minimum Gasteiger partial charge on any atom is -0.494 e.